The van der Waals surface area contributed by atoms with Crippen molar-refractivity contribution in [3.8, 4) is 0 Å². The highest BCUT2D eigenvalue weighted by molar-refractivity contribution is 5.90. The van der Waals surface area contributed by atoms with E-state index in [1.165, 1.54) is 0 Å². The average Bonchev–Trinajstić information content (AvgIpc) is 3.09. The maximum absolute atomic E-state index is 12.7. The van der Waals surface area contributed by atoms with Crippen molar-refractivity contribution in [2.75, 3.05) is 46.6 Å². The van der Waals surface area contributed by atoms with Crippen molar-refractivity contribution in [2.45, 2.75) is 45.1 Å². The number of amides is 2. The Morgan fingerprint density at radius 3 is 2.56 bits per heavy atom. The fraction of sp³-hybridized carbons (Fsp3) is 0.652. The summed E-state index contributed by atoms with van der Waals surface area (Å²) in [7, 11) is 1.73. The molecule has 32 heavy (non-hydrogen) atoms. The molecule has 0 unspecified atom stereocenters. The lowest BCUT2D eigenvalue weighted by atomic mass is 9.94. The number of nitrogens with one attached hydrogen (secondary N) is 1. The Kier molecular flexibility index (Phi) is 11.7. The monoisotopic (exact) mass is 449 g/mol. The Hall–Kier alpha value is -2.52. The van der Waals surface area contributed by atoms with Gasteiger partial charge in [-0.2, -0.15) is 0 Å². The van der Waals surface area contributed by atoms with Gasteiger partial charge in [0.15, 0.2) is 0 Å². The Morgan fingerprint density at radius 1 is 1.16 bits per heavy atom. The fourth-order valence-electron chi connectivity index (χ4n) is 3.65. The van der Waals surface area contributed by atoms with Crippen LogP contribution < -0.4 is 5.32 Å². The number of aromatic nitrogens is 1. The van der Waals surface area contributed by atoms with E-state index >= 15 is 0 Å². The number of pyridine rings is 1. The predicted molar refractivity (Wildman–Crippen MR) is 118 cm³/mol. The molecule has 0 bridgehead atoms. The molecule has 2 heterocycles. The van der Waals surface area contributed by atoms with Gasteiger partial charge in [0.25, 0.3) is 0 Å². The molecule has 0 spiro atoms. The van der Waals surface area contributed by atoms with Crippen molar-refractivity contribution >= 4 is 17.8 Å². The molecule has 1 aliphatic heterocycles. The molecule has 0 radical (unpaired) electrons. The zero-order valence-corrected chi connectivity index (χ0v) is 19.1. The summed E-state index contributed by atoms with van der Waals surface area (Å²) < 4.78 is 15.9. The summed E-state index contributed by atoms with van der Waals surface area (Å²) in [5, 5.41) is 2.93. The number of esters is 1. The van der Waals surface area contributed by atoms with Gasteiger partial charge in [-0.3, -0.25) is 19.4 Å². The third-order valence-corrected chi connectivity index (χ3v) is 5.27. The number of carbonyl (C=O) groups is 3. The van der Waals surface area contributed by atoms with Gasteiger partial charge in [-0.05, 0) is 37.8 Å². The maximum atomic E-state index is 12.7. The van der Waals surface area contributed by atoms with E-state index in [9.17, 15) is 14.4 Å². The third-order valence-electron chi connectivity index (χ3n) is 5.27. The zero-order chi connectivity index (χ0) is 23.2. The van der Waals surface area contributed by atoms with Crippen molar-refractivity contribution in [1.29, 1.82) is 0 Å². The Labute approximate surface area is 189 Å². The van der Waals surface area contributed by atoms with Crippen LogP contribution in [0.3, 0.4) is 0 Å². The van der Waals surface area contributed by atoms with Gasteiger partial charge < -0.3 is 24.4 Å². The third kappa shape index (κ3) is 8.55. The Balaban J connectivity index is 1.52. The first kappa shape index (κ1) is 25.7. The second-order valence-corrected chi connectivity index (χ2v) is 7.68. The average molecular weight is 450 g/mol. The number of ether oxygens (including phenoxy) is 3. The summed E-state index contributed by atoms with van der Waals surface area (Å²) >= 11 is 0. The van der Waals surface area contributed by atoms with Crippen LogP contribution in [-0.4, -0.2) is 74.3 Å². The van der Waals surface area contributed by atoms with Gasteiger partial charge in [0.2, 0.25) is 11.8 Å². The molecule has 2 atom stereocenters. The van der Waals surface area contributed by atoms with Gasteiger partial charge in [0, 0.05) is 65.3 Å². The molecule has 0 saturated carbocycles. The van der Waals surface area contributed by atoms with Gasteiger partial charge in [-0.25, -0.2) is 0 Å². The highest BCUT2D eigenvalue weighted by Crippen LogP contribution is 2.36. The van der Waals surface area contributed by atoms with E-state index in [0.717, 1.165) is 12.0 Å². The molecule has 1 fully saturated rings. The Bertz CT molecular complexity index is 715. The van der Waals surface area contributed by atoms with Crippen LogP contribution >= 0.6 is 0 Å². The highest BCUT2D eigenvalue weighted by Gasteiger charge is 2.42. The van der Waals surface area contributed by atoms with Crippen LogP contribution in [0.4, 0.5) is 0 Å². The van der Waals surface area contributed by atoms with E-state index in [2.05, 4.69) is 10.3 Å². The molecule has 1 aliphatic rings. The molecule has 2 amide bonds. The number of rotatable bonds is 15. The molecule has 0 aromatic carbocycles. The molecule has 1 aromatic rings. The first-order chi connectivity index (χ1) is 15.5. The molecular formula is C23H35N3O6. The first-order valence-corrected chi connectivity index (χ1v) is 11.3. The SMILES string of the molecule is CCOC(=O)CCCOCCCOCCCNC(=O)[C@@H]1CC(=O)N(C)[C@H]1c1cccnc1. The van der Waals surface area contributed by atoms with E-state index in [1.54, 1.807) is 31.3 Å². The van der Waals surface area contributed by atoms with Gasteiger partial charge >= 0.3 is 5.97 Å². The lowest BCUT2D eigenvalue weighted by Crippen LogP contribution is -2.35. The van der Waals surface area contributed by atoms with Crippen LogP contribution in [0.1, 0.15) is 50.6 Å². The molecule has 1 saturated heterocycles. The molecule has 2 rings (SSSR count). The van der Waals surface area contributed by atoms with Gasteiger partial charge in [-0.15, -0.1) is 0 Å². The van der Waals surface area contributed by atoms with E-state index in [0.29, 0.717) is 58.8 Å². The molecule has 9 heteroatoms. The van der Waals surface area contributed by atoms with Crippen molar-refractivity contribution in [3.05, 3.63) is 30.1 Å². The zero-order valence-electron chi connectivity index (χ0n) is 19.1. The van der Waals surface area contributed by atoms with Crippen LogP contribution in [0.5, 0.6) is 0 Å². The second kappa shape index (κ2) is 14.5. The molecule has 1 aromatic heterocycles. The summed E-state index contributed by atoms with van der Waals surface area (Å²) in [6, 6.07) is 3.42. The van der Waals surface area contributed by atoms with Gasteiger partial charge in [0.1, 0.15) is 0 Å². The minimum atomic E-state index is -0.418. The van der Waals surface area contributed by atoms with Crippen molar-refractivity contribution in [2.24, 2.45) is 5.92 Å². The molecule has 0 aliphatic carbocycles. The van der Waals surface area contributed by atoms with Gasteiger partial charge in [0.05, 0.1) is 18.6 Å². The van der Waals surface area contributed by atoms with Crippen molar-refractivity contribution in [1.82, 2.24) is 15.2 Å². The summed E-state index contributed by atoms with van der Waals surface area (Å²) in [6.45, 7) is 4.93. The van der Waals surface area contributed by atoms with Crippen molar-refractivity contribution < 1.29 is 28.6 Å². The highest BCUT2D eigenvalue weighted by atomic mass is 16.5. The quantitative estimate of drug-likeness (QED) is 0.322. The number of nitrogens with zero attached hydrogens (tertiary/aromatic N) is 2. The summed E-state index contributed by atoms with van der Waals surface area (Å²) in [5.74, 6) is -0.762. The smallest absolute Gasteiger partial charge is 0.305 e. The number of carbonyl (C=O) groups excluding carboxylic acids is 3. The molecular weight excluding hydrogens is 414 g/mol. The van der Waals surface area contributed by atoms with Crippen LogP contribution in [0.2, 0.25) is 0 Å². The number of hydrogen-bond donors (Lipinski definition) is 1. The fourth-order valence-corrected chi connectivity index (χ4v) is 3.65. The molecule has 1 N–H and O–H groups in total. The van der Waals surface area contributed by atoms with E-state index in [-0.39, 0.29) is 30.2 Å². The Morgan fingerprint density at radius 2 is 1.88 bits per heavy atom. The lowest BCUT2D eigenvalue weighted by Gasteiger charge is -2.24. The topological polar surface area (TPSA) is 107 Å². The first-order valence-electron chi connectivity index (χ1n) is 11.3. The number of likely N-dealkylation sites (tertiary alicyclic amines) is 1. The largest absolute Gasteiger partial charge is 0.466 e. The molecule has 178 valence electrons. The van der Waals surface area contributed by atoms with Gasteiger partial charge in [-0.1, -0.05) is 6.07 Å². The minimum absolute atomic E-state index is 0.0366. The van der Waals surface area contributed by atoms with Crippen LogP contribution in [0.25, 0.3) is 0 Å². The standard InChI is InChI=1S/C23H35N3O6/c1-3-32-21(28)9-5-12-30-14-7-15-31-13-6-11-25-23(29)19-16-20(27)26(2)22(19)18-8-4-10-24-17-18/h4,8,10,17,19,22H,3,5-7,9,11-16H2,1-2H3,(H,25,29)/t19-,22+/m1/s1. The summed E-state index contributed by atoms with van der Waals surface area (Å²) in [4.78, 5) is 41.8. The van der Waals surface area contributed by atoms with E-state index in [1.807, 2.05) is 12.1 Å². The van der Waals surface area contributed by atoms with Crippen molar-refractivity contribution in [3.63, 3.8) is 0 Å². The summed E-state index contributed by atoms with van der Waals surface area (Å²) in [6.07, 6.45) is 6.09. The lowest BCUT2D eigenvalue weighted by molar-refractivity contribution is -0.143. The normalized spacial score (nSPS) is 18.1. The predicted octanol–water partition coefficient (Wildman–Crippen LogP) is 1.87. The minimum Gasteiger partial charge on any atom is -0.466 e. The maximum Gasteiger partial charge on any atom is 0.305 e. The van der Waals surface area contributed by atoms with Crippen LogP contribution in [0, 0.1) is 5.92 Å². The van der Waals surface area contributed by atoms with Crippen LogP contribution in [0.15, 0.2) is 24.5 Å². The second-order valence-electron chi connectivity index (χ2n) is 7.68. The van der Waals surface area contributed by atoms with Crippen LogP contribution in [-0.2, 0) is 28.6 Å². The summed E-state index contributed by atoms with van der Waals surface area (Å²) in [5.41, 5.74) is 0.868. The molecule has 9 nitrogen and oxygen atoms in total. The van der Waals surface area contributed by atoms with E-state index < -0.39 is 5.92 Å². The van der Waals surface area contributed by atoms with E-state index in [4.69, 9.17) is 14.2 Å². The number of hydrogen-bond acceptors (Lipinski definition) is 7.